The monoisotopic (exact) mass is 426 g/mol. The molecule has 2 aliphatic rings. The Hall–Kier alpha value is -1.88. The molecule has 2 aliphatic heterocycles. The van der Waals surface area contributed by atoms with E-state index in [0.717, 1.165) is 27.1 Å². The minimum absolute atomic E-state index is 0.0652. The van der Waals surface area contributed by atoms with Crippen LogP contribution in [0.1, 0.15) is 13.8 Å². The van der Waals surface area contributed by atoms with Gasteiger partial charge in [-0.1, -0.05) is 23.9 Å². The van der Waals surface area contributed by atoms with Gasteiger partial charge in [0.25, 0.3) is 21.2 Å². The van der Waals surface area contributed by atoms with E-state index in [1.807, 2.05) is 37.3 Å². The maximum Gasteiger partial charge on any atom is 0.297 e. The average molecular weight is 427 g/mol. The normalized spacial score (nSPS) is 20.3. The lowest BCUT2D eigenvalue weighted by Gasteiger charge is -2.18. The van der Waals surface area contributed by atoms with E-state index in [4.69, 9.17) is 21.5 Å². The fraction of sp³-hybridized carbons (Fsp3) is 0.294. The van der Waals surface area contributed by atoms with E-state index in [-0.39, 0.29) is 17.5 Å². The van der Waals surface area contributed by atoms with Crippen molar-refractivity contribution in [3.63, 3.8) is 0 Å². The van der Waals surface area contributed by atoms with Crippen molar-refractivity contribution in [2.24, 2.45) is 0 Å². The summed E-state index contributed by atoms with van der Waals surface area (Å²) < 4.78 is 36.1. The van der Waals surface area contributed by atoms with Gasteiger partial charge < -0.3 is 9.64 Å². The third-order valence-corrected chi connectivity index (χ3v) is 6.19. The molecule has 0 spiro atoms. The van der Waals surface area contributed by atoms with Gasteiger partial charge in [0, 0.05) is 23.6 Å². The number of rotatable bonds is 5. The number of hydrogen-bond acceptors (Lipinski definition) is 7. The van der Waals surface area contributed by atoms with E-state index in [2.05, 4.69) is 4.90 Å². The summed E-state index contributed by atoms with van der Waals surface area (Å²) in [5.41, 5.74) is 1.70. The summed E-state index contributed by atoms with van der Waals surface area (Å²) in [5, 5.41) is 0.841. The van der Waals surface area contributed by atoms with E-state index in [9.17, 15) is 13.2 Å². The second-order valence-electron chi connectivity index (χ2n) is 5.92. The van der Waals surface area contributed by atoms with Crippen molar-refractivity contribution in [1.29, 1.82) is 0 Å². The summed E-state index contributed by atoms with van der Waals surface area (Å²) in [7, 11) is -4.20. The molecule has 27 heavy (non-hydrogen) atoms. The highest BCUT2D eigenvalue weighted by Crippen LogP contribution is 2.46. The van der Waals surface area contributed by atoms with Crippen LogP contribution >= 0.6 is 24.0 Å². The number of carbonyl (C=O) groups excluding carboxylic acids is 1. The zero-order valence-corrected chi connectivity index (χ0v) is 17.2. The molecule has 1 aromatic carbocycles. The minimum atomic E-state index is -4.20. The van der Waals surface area contributed by atoms with Crippen LogP contribution < -0.4 is 4.90 Å². The fourth-order valence-electron chi connectivity index (χ4n) is 2.78. The largest absolute Gasteiger partial charge is 0.425 e. The van der Waals surface area contributed by atoms with Crippen molar-refractivity contribution in [2.45, 2.75) is 18.7 Å². The minimum Gasteiger partial charge on any atom is -0.425 e. The fourth-order valence-corrected chi connectivity index (χ4v) is 4.68. The molecule has 0 aromatic heterocycles. The van der Waals surface area contributed by atoms with E-state index in [0.29, 0.717) is 5.57 Å². The van der Waals surface area contributed by atoms with Gasteiger partial charge in [0.05, 0.1) is 16.5 Å². The van der Waals surface area contributed by atoms with Gasteiger partial charge in [0.15, 0.2) is 5.76 Å². The summed E-state index contributed by atoms with van der Waals surface area (Å²) >= 11 is 6.62. The van der Waals surface area contributed by atoms with Crippen LogP contribution in [0.5, 0.6) is 0 Å². The number of para-hydroxylation sites is 1. The highest BCUT2D eigenvalue weighted by atomic mass is 32.2. The van der Waals surface area contributed by atoms with Gasteiger partial charge in [-0.2, -0.15) is 8.42 Å². The van der Waals surface area contributed by atoms with Crippen molar-refractivity contribution >= 4 is 50.9 Å². The molecule has 2 heterocycles. The molecule has 0 radical (unpaired) electrons. The molecule has 0 bridgehead atoms. The third kappa shape index (κ3) is 4.18. The Kier molecular flexibility index (Phi) is 5.61. The van der Waals surface area contributed by atoms with Crippen molar-refractivity contribution in [3.05, 3.63) is 46.7 Å². The molecule has 1 amide bonds. The number of fused-ring (bicyclic) bond motifs is 1. The van der Waals surface area contributed by atoms with Crippen molar-refractivity contribution in [1.82, 2.24) is 4.90 Å². The molecule has 10 heteroatoms. The third-order valence-electron chi connectivity index (χ3n) is 4.07. The highest BCUT2D eigenvalue weighted by Gasteiger charge is 2.35. The molecule has 0 saturated carbocycles. The van der Waals surface area contributed by atoms with E-state index < -0.39 is 21.8 Å². The summed E-state index contributed by atoms with van der Waals surface area (Å²) in [6.07, 6.45) is 1.86. The number of nitrogens with zero attached hydrogens (tertiary/aromatic N) is 2. The highest BCUT2D eigenvalue weighted by molar-refractivity contribution is 8.03. The van der Waals surface area contributed by atoms with Crippen LogP contribution in [0.2, 0.25) is 0 Å². The maximum absolute atomic E-state index is 12.5. The van der Waals surface area contributed by atoms with Gasteiger partial charge in [-0.25, -0.2) is 0 Å². The number of carbonyl (C=O) groups is 1. The van der Waals surface area contributed by atoms with Crippen molar-refractivity contribution < 1.29 is 22.5 Å². The molecular weight excluding hydrogens is 408 g/mol. The lowest BCUT2D eigenvalue weighted by Crippen LogP contribution is -2.33. The summed E-state index contributed by atoms with van der Waals surface area (Å²) in [6.45, 7) is 4.30. The molecule has 1 aromatic rings. The van der Waals surface area contributed by atoms with Crippen LogP contribution in [0, 0.1) is 0 Å². The second-order valence-corrected chi connectivity index (χ2v) is 8.90. The first-order valence-electron chi connectivity index (χ1n) is 8.17. The van der Waals surface area contributed by atoms with Crippen LogP contribution in [-0.4, -0.2) is 47.8 Å². The Balaban J connectivity index is 1.86. The lowest BCUT2D eigenvalue weighted by molar-refractivity contribution is -0.122. The van der Waals surface area contributed by atoms with Gasteiger partial charge in [-0.15, -0.1) is 0 Å². The Morgan fingerprint density at radius 1 is 1.33 bits per heavy atom. The molecule has 3 rings (SSSR count). The molecule has 0 aliphatic carbocycles. The number of thioether (sulfide) groups is 1. The predicted molar refractivity (Wildman–Crippen MR) is 108 cm³/mol. The number of amides is 1. The summed E-state index contributed by atoms with van der Waals surface area (Å²) in [6, 6.07) is 8.03. The topological polar surface area (TPSA) is 87.2 Å². The van der Waals surface area contributed by atoms with E-state index in [1.165, 1.54) is 0 Å². The van der Waals surface area contributed by atoms with Gasteiger partial charge >= 0.3 is 0 Å². The number of thiocarbonyl (C=S) groups is 1. The van der Waals surface area contributed by atoms with E-state index >= 15 is 0 Å². The number of benzene rings is 1. The average Bonchev–Trinajstić information content (AvgIpc) is 3.08. The number of hydrogen-bond donors (Lipinski definition) is 1. The number of ether oxygens (including phenoxy) is 1. The van der Waals surface area contributed by atoms with Gasteiger partial charge in [0.2, 0.25) is 0 Å². The Labute approximate surface area is 167 Å². The molecule has 0 unspecified atom stereocenters. The number of anilines is 1. The lowest BCUT2D eigenvalue weighted by atomic mass is 10.2. The molecule has 144 valence electrons. The molecule has 7 nitrogen and oxygen atoms in total. The van der Waals surface area contributed by atoms with Crippen LogP contribution in [0.25, 0.3) is 0 Å². The Morgan fingerprint density at radius 2 is 2.04 bits per heavy atom. The summed E-state index contributed by atoms with van der Waals surface area (Å²) in [4.78, 5) is 16.9. The maximum atomic E-state index is 12.5. The van der Waals surface area contributed by atoms with E-state index in [1.54, 1.807) is 18.7 Å². The zero-order valence-electron chi connectivity index (χ0n) is 14.7. The molecule has 1 saturated heterocycles. The second kappa shape index (κ2) is 7.63. The quantitative estimate of drug-likeness (QED) is 0.437. The molecule has 0 atom stereocenters. The van der Waals surface area contributed by atoms with Crippen molar-refractivity contribution in [2.75, 3.05) is 23.7 Å². The van der Waals surface area contributed by atoms with Crippen molar-refractivity contribution in [3.8, 4) is 0 Å². The van der Waals surface area contributed by atoms with Crippen LogP contribution in [-0.2, 0) is 19.6 Å². The standard InChI is InChI=1S/C17H18N2O5S3/c1-3-18-12-6-4-5-7-13(12)26-14(18)10-11(2)15-16(20)19(17(25)24-15)8-9-27(21,22)23/h4-7,10H,3,8-9H2,1-2H3,(H,21,22,23)/b14-10-,15-11-. The van der Waals surface area contributed by atoms with Crippen LogP contribution in [0.15, 0.2) is 51.6 Å². The SMILES string of the molecule is CCN1/C(=C/C(C)=C2\OC(=S)N(CCS(=O)(=O)O)C2=O)Sc2ccccc21. The zero-order chi connectivity index (χ0) is 19.8. The van der Waals surface area contributed by atoms with Gasteiger partial charge in [-0.3, -0.25) is 14.2 Å². The van der Waals surface area contributed by atoms with Gasteiger partial charge in [0.1, 0.15) is 0 Å². The molecule has 1 N–H and O–H groups in total. The Bertz CT molecular complexity index is 969. The Morgan fingerprint density at radius 3 is 2.70 bits per heavy atom. The van der Waals surface area contributed by atoms with Crippen LogP contribution in [0.3, 0.4) is 0 Å². The first-order valence-corrected chi connectivity index (χ1v) is 11.0. The molecular formula is C17H18N2O5S3. The van der Waals surface area contributed by atoms with Crippen LogP contribution in [0.4, 0.5) is 5.69 Å². The first-order chi connectivity index (χ1) is 12.7. The number of allylic oxidation sites excluding steroid dienone is 2. The first kappa shape index (κ1) is 19.9. The van der Waals surface area contributed by atoms with Gasteiger partial charge in [-0.05, 0) is 44.3 Å². The predicted octanol–water partition coefficient (Wildman–Crippen LogP) is 2.77. The smallest absolute Gasteiger partial charge is 0.297 e. The molecule has 1 fully saturated rings. The summed E-state index contributed by atoms with van der Waals surface area (Å²) in [5.74, 6) is -1.05.